The van der Waals surface area contributed by atoms with Crippen molar-refractivity contribution in [3.05, 3.63) is 66.9 Å². The second-order valence-electron chi connectivity index (χ2n) is 5.39. The smallest absolute Gasteiger partial charge is 0.178 e. The molecule has 0 N–H and O–H groups in total. The Morgan fingerprint density at radius 2 is 1.61 bits per heavy atom. The van der Waals surface area contributed by atoms with Gasteiger partial charge >= 0.3 is 0 Å². The minimum atomic E-state index is 0.667. The van der Waals surface area contributed by atoms with Gasteiger partial charge in [-0.25, -0.2) is 15.0 Å². The molecule has 108 valence electrons. The highest BCUT2D eigenvalue weighted by atomic mass is 32.1. The summed E-state index contributed by atoms with van der Waals surface area (Å²) in [5.41, 5.74) is 2.78. The number of pyridine rings is 1. The molecular weight excluding hydrogens is 302 g/mol. The fourth-order valence-corrected chi connectivity index (χ4v) is 3.86. The average Bonchev–Trinajstić information content (AvgIpc) is 2.99. The Balaban J connectivity index is 1.76. The maximum Gasteiger partial charge on any atom is 0.178 e. The van der Waals surface area contributed by atoms with E-state index in [4.69, 9.17) is 4.98 Å². The molecule has 0 aliphatic heterocycles. The van der Waals surface area contributed by atoms with Gasteiger partial charge in [0.15, 0.2) is 5.82 Å². The largest absolute Gasteiger partial charge is 0.243 e. The Kier molecular flexibility index (Phi) is 2.66. The molecule has 0 fully saturated rings. The summed E-state index contributed by atoms with van der Waals surface area (Å²) in [6, 6.07) is 20.5. The molecule has 0 saturated heterocycles. The normalized spacial score (nSPS) is 11.5. The lowest BCUT2D eigenvalue weighted by atomic mass is 10.2. The number of para-hydroxylation sites is 1. The topological polar surface area (TPSA) is 38.7 Å². The first-order chi connectivity index (χ1) is 11.4. The fourth-order valence-electron chi connectivity index (χ4n) is 2.81. The lowest BCUT2D eigenvalue weighted by molar-refractivity contribution is 1.19. The average molecular weight is 313 g/mol. The van der Waals surface area contributed by atoms with Gasteiger partial charge in [0.1, 0.15) is 5.69 Å². The van der Waals surface area contributed by atoms with Gasteiger partial charge in [-0.05, 0) is 24.3 Å². The van der Waals surface area contributed by atoms with Gasteiger partial charge in [-0.15, -0.1) is 11.3 Å². The van der Waals surface area contributed by atoms with Crippen molar-refractivity contribution in [3.8, 4) is 11.5 Å². The van der Waals surface area contributed by atoms with Crippen LogP contribution in [0.1, 0.15) is 0 Å². The molecule has 0 spiro atoms. The number of hydrogen-bond donors (Lipinski definition) is 0. The SMILES string of the molecule is c1ccc2nc(-c3ccc4sc5ccccc5c4n3)ncc2c1. The van der Waals surface area contributed by atoms with E-state index in [2.05, 4.69) is 40.3 Å². The summed E-state index contributed by atoms with van der Waals surface area (Å²) >= 11 is 1.76. The van der Waals surface area contributed by atoms with Crippen molar-refractivity contribution in [1.82, 2.24) is 15.0 Å². The van der Waals surface area contributed by atoms with E-state index in [-0.39, 0.29) is 0 Å². The van der Waals surface area contributed by atoms with E-state index in [1.165, 1.54) is 14.8 Å². The zero-order chi connectivity index (χ0) is 15.2. The summed E-state index contributed by atoms with van der Waals surface area (Å²) in [5, 5.41) is 2.23. The quantitative estimate of drug-likeness (QED) is 0.434. The van der Waals surface area contributed by atoms with Crippen LogP contribution in [-0.4, -0.2) is 15.0 Å². The number of thiophene rings is 1. The van der Waals surface area contributed by atoms with Crippen LogP contribution in [0.3, 0.4) is 0 Å². The molecule has 4 heteroatoms. The van der Waals surface area contributed by atoms with Crippen LogP contribution in [0, 0.1) is 0 Å². The van der Waals surface area contributed by atoms with Crippen LogP contribution in [0.15, 0.2) is 66.9 Å². The van der Waals surface area contributed by atoms with Crippen LogP contribution in [0.5, 0.6) is 0 Å². The lowest BCUT2D eigenvalue weighted by Gasteiger charge is -2.02. The number of nitrogens with zero attached hydrogens (tertiary/aromatic N) is 3. The van der Waals surface area contributed by atoms with Crippen LogP contribution < -0.4 is 0 Å². The van der Waals surface area contributed by atoms with E-state index < -0.39 is 0 Å². The second kappa shape index (κ2) is 4.83. The standard InChI is InChI=1S/C19H11N3S/c1-3-7-14-12(5-1)11-20-19(22-14)15-9-10-17-18(21-15)13-6-2-4-8-16(13)23-17/h1-11H. The van der Waals surface area contributed by atoms with Crippen LogP contribution in [-0.2, 0) is 0 Å². The molecule has 0 unspecified atom stereocenters. The Morgan fingerprint density at radius 1 is 0.739 bits per heavy atom. The van der Waals surface area contributed by atoms with E-state index in [1.54, 1.807) is 11.3 Å². The molecular formula is C19H11N3S. The molecule has 2 aromatic carbocycles. The molecule has 5 aromatic rings. The maximum atomic E-state index is 4.83. The molecule has 23 heavy (non-hydrogen) atoms. The molecule has 3 aromatic heterocycles. The highest BCUT2D eigenvalue weighted by Gasteiger charge is 2.10. The zero-order valence-corrected chi connectivity index (χ0v) is 12.9. The Labute approximate surface area is 136 Å². The molecule has 0 bridgehead atoms. The highest BCUT2D eigenvalue weighted by molar-refractivity contribution is 7.25. The Hall–Kier alpha value is -2.85. The maximum absolute atomic E-state index is 4.83. The lowest BCUT2D eigenvalue weighted by Crippen LogP contribution is -1.92. The van der Waals surface area contributed by atoms with E-state index in [0.717, 1.165) is 22.1 Å². The van der Waals surface area contributed by atoms with E-state index >= 15 is 0 Å². The summed E-state index contributed by atoms with van der Waals surface area (Å²) < 4.78 is 2.45. The summed E-state index contributed by atoms with van der Waals surface area (Å²) in [4.78, 5) is 14.0. The molecule has 0 atom stereocenters. The summed E-state index contributed by atoms with van der Waals surface area (Å²) in [5.74, 6) is 0.667. The predicted octanol–water partition coefficient (Wildman–Crippen LogP) is 5.06. The molecule has 0 aliphatic carbocycles. The van der Waals surface area contributed by atoms with Gasteiger partial charge in [-0.1, -0.05) is 36.4 Å². The van der Waals surface area contributed by atoms with Gasteiger partial charge in [0, 0.05) is 21.7 Å². The van der Waals surface area contributed by atoms with Crippen LogP contribution >= 0.6 is 11.3 Å². The third kappa shape index (κ3) is 1.99. The third-order valence-electron chi connectivity index (χ3n) is 3.94. The third-order valence-corrected chi connectivity index (χ3v) is 5.06. The molecule has 5 rings (SSSR count). The van der Waals surface area contributed by atoms with Gasteiger partial charge in [0.2, 0.25) is 0 Å². The summed E-state index contributed by atoms with van der Waals surface area (Å²) in [7, 11) is 0. The summed E-state index contributed by atoms with van der Waals surface area (Å²) in [6.07, 6.45) is 1.86. The van der Waals surface area contributed by atoms with E-state index in [0.29, 0.717) is 5.82 Å². The van der Waals surface area contributed by atoms with E-state index in [9.17, 15) is 0 Å². The van der Waals surface area contributed by atoms with Gasteiger partial charge in [0.05, 0.1) is 15.7 Å². The van der Waals surface area contributed by atoms with Crippen LogP contribution in [0.4, 0.5) is 0 Å². The first kappa shape index (κ1) is 12.7. The first-order valence-electron chi connectivity index (χ1n) is 7.39. The fraction of sp³-hybridized carbons (Fsp3) is 0. The number of benzene rings is 2. The zero-order valence-electron chi connectivity index (χ0n) is 12.1. The minimum absolute atomic E-state index is 0.667. The Morgan fingerprint density at radius 3 is 2.61 bits per heavy atom. The van der Waals surface area contributed by atoms with Gasteiger partial charge in [-0.3, -0.25) is 0 Å². The van der Waals surface area contributed by atoms with Crippen molar-refractivity contribution >= 4 is 42.5 Å². The Bertz CT molecular complexity index is 1180. The van der Waals surface area contributed by atoms with Crippen molar-refractivity contribution < 1.29 is 0 Å². The van der Waals surface area contributed by atoms with Crippen molar-refractivity contribution in [2.24, 2.45) is 0 Å². The predicted molar refractivity (Wildman–Crippen MR) is 95.7 cm³/mol. The number of hydrogen-bond acceptors (Lipinski definition) is 4. The van der Waals surface area contributed by atoms with Crippen LogP contribution in [0.2, 0.25) is 0 Å². The monoisotopic (exact) mass is 313 g/mol. The van der Waals surface area contributed by atoms with Gasteiger partial charge < -0.3 is 0 Å². The number of rotatable bonds is 1. The molecule has 0 amide bonds. The van der Waals surface area contributed by atoms with Gasteiger partial charge in [0.25, 0.3) is 0 Å². The number of aromatic nitrogens is 3. The summed E-state index contributed by atoms with van der Waals surface area (Å²) in [6.45, 7) is 0. The molecule has 3 heterocycles. The minimum Gasteiger partial charge on any atom is -0.243 e. The van der Waals surface area contributed by atoms with Crippen molar-refractivity contribution in [2.75, 3.05) is 0 Å². The second-order valence-corrected chi connectivity index (χ2v) is 6.48. The van der Waals surface area contributed by atoms with Crippen molar-refractivity contribution in [2.45, 2.75) is 0 Å². The van der Waals surface area contributed by atoms with E-state index in [1.807, 2.05) is 36.5 Å². The first-order valence-corrected chi connectivity index (χ1v) is 8.21. The van der Waals surface area contributed by atoms with Crippen molar-refractivity contribution in [1.29, 1.82) is 0 Å². The molecule has 0 radical (unpaired) electrons. The molecule has 0 aliphatic rings. The van der Waals surface area contributed by atoms with Gasteiger partial charge in [-0.2, -0.15) is 0 Å². The molecule has 0 saturated carbocycles. The van der Waals surface area contributed by atoms with Crippen molar-refractivity contribution in [3.63, 3.8) is 0 Å². The number of fused-ring (bicyclic) bond motifs is 4. The highest BCUT2D eigenvalue weighted by Crippen LogP contribution is 2.33. The van der Waals surface area contributed by atoms with Crippen LogP contribution in [0.25, 0.3) is 42.7 Å². The molecule has 3 nitrogen and oxygen atoms in total.